The molecule has 0 rings (SSSR count). The summed E-state index contributed by atoms with van der Waals surface area (Å²) in [5, 5.41) is 0. The van der Waals surface area contributed by atoms with Crippen LogP contribution in [-0.4, -0.2) is 0 Å². The van der Waals surface area contributed by atoms with Crippen LogP contribution in [-0.2, 0) is 0 Å². The Kier molecular flexibility index (Phi) is 90500. The second-order valence-corrected chi connectivity index (χ2v) is 3.41. The second kappa shape index (κ2) is 24800. The van der Waals surface area contributed by atoms with E-state index in [1.54, 1.807) is 6.08 Å². The molecule has 0 N–H and O–H groups in total. The summed E-state index contributed by atoms with van der Waals surface area (Å²) in [4.78, 5) is 0. The minimum Gasteiger partial charge on any atom is -0.106 e. The van der Waals surface area contributed by atoms with Crippen molar-refractivity contribution >= 4 is 0 Å². The summed E-state index contributed by atoms with van der Waals surface area (Å²) < 4.78 is 0. The largest absolute Gasteiger partial charge is 0.106 e. The molecule has 0 heteroatoms. The minimum atomic E-state index is 0.500. The van der Waals surface area contributed by atoms with E-state index in [-0.39, 0.29) is 0 Å². The fraction of sp³-hybridized carbons (Fsp3) is 0.896. The Morgan fingerprint density at radius 1 is 0.115 bits per heavy atom. The van der Waals surface area contributed by atoms with E-state index in [9.17, 15) is 0 Å². The Bertz CT molecular complexity index is 70.7. The van der Waals surface area contributed by atoms with Crippen molar-refractivity contribution in [1.29, 1.82) is 0 Å². The Hall–Kier alpha value is -1.30. The van der Waals surface area contributed by atoms with Crippen LogP contribution < -0.4 is 0 Å². The van der Waals surface area contributed by atoms with Crippen molar-refractivity contribution in [3.8, 4) is 0 Å². The van der Waals surface area contributed by atoms with Crippen LogP contribution in [0.15, 0.2) is 65.3 Å². The van der Waals surface area contributed by atoms with Crippen LogP contribution in [0.2, 0.25) is 0 Å². The molecule has 0 aromatic heterocycles. The van der Waals surface area contributed by atoms with E-state index in [0.29, 0.717) is 5.41 Å². The van der Waals surface area contributed by atoms with Crippen LogP contribution in [0.3, 0.4) is 0 Å². The number of hydrogen-bond donors (Lipinski definition) is 0. The Morgan fingerprint density at radius 3 is 0.115 bits per heavy atom. The van der Waals surface area contributed by atoms with Gasteiger partial charge in [-0.15, -0.1) is 59.2 Å². The average Bonchev–Trinajstić information content (AvgIpc) is 3.80. The first-order chi connectivity index (χ1) is 47.4. The molecule has 0 unspecified atom stereocenters. The molecule has 96 heavy (non-hydrogen) atoms. The lowest BCUT2D eigenvalue weighted by molar-refractivity contribution is 0.469. The molecule has 0 atom stereocenters. The zero-order valence-corrected chi connectivity index (χ0v) is 92.4. The summed E-state index contributed by atoms with van der Waals surface area (Å²) in [7, 11) is 0. The van der Waals surface area contributed by atoms with Gasteiger partial charge in [-0.25, -0.2) is 0 Å². The van der Waals surface area contributed by atoms with E-state index in [1.807, 2.05) is 561 Å². The monoisotopic (exact) mass is 1430 g/mol. The van der Waals surface area contributed by atoms with Gasteiger partial charge in [0.15, 0.2) is 0 Å². The van der Waals surface area contributed by atoms with Crippen LogP contribution in [0.25, 0.3) is 0 Å². The van der Waals surface area contributed by atoms with Crippen molar-refractivity contribution in [3.05, 3.63) is 65.3 Å². The highest BCUT2D eigenvalue weighted by molar-refractivity contribution is 4.51. The first-order valence-corrected chi connectivity index (χ1v) is 45.0. The molecule has 0 amide bonds. The molecule has 0 saturated heterocycles. The van der Waals surface area contributed by atoms with Crippen molar-refractivity contribution in [2.75, 3.05) is 0 Å². The molecule has 0 heterocycles. The van der Waals surface area contributed by atoms with Crippen LogP contribution in [0.5, 0.6) is 0 Å². The van der Waals surface area contributed by atoms with Gasteiger partial charge in [0.25, 0.3) is 0 Å². The summed E-state index contributed by atoms with van der Waals surface area (Å²) in [6, 6.07) is 0. The Morgan fingerprint density at radius 2 is 0.115 bits per heavy atom. The molecule has 0 saturated carbocycles. The van der Waals surface area contributed by atoms with Crippen LogP contribution in [0.1, 0.15) is 589 Å². The van der Waals surface area contributed by atoms with Gasteiger partial charge < -0.3 is 0 Å². The zero-order chi connectivity index (χ0) is 95.2. The van der Waals surface area contributed by atoms with Gasteiger partial charge in [-0.3, -0.25) is 0 Å². The first kappa shape index (κ1) is 351. The molecule has 0 aliphatic carbocycles. The van der Waals surface area contributed by atoms with E-state index in [2.05, 4.69) is 86.9 Å². The molecule has 0 aromatic rings. The molecule has 0 spiro atoms. The maximum Gasteiger partial charge on any atom is -0.0411 e. The van der Waals surface area contributed by atoms with Crippen LogP contribution in [0.4, 0.5) is 0 Å². The van der Waals surface area contributed by atoms with Gasteiger partial charge in [0.2, 0.25) is 0 Å². The molecular formula is C96H274. The summed E-state index contributed by atoms with van der Waals surface area (Å²) >= 11 is 0. The lowest BCUT2D eigenvalue weighted by Gasteiger charge is -2.05. The van der Waals surface area contributed by atoms with E-state index < -0.39 is 0 Å². The molecular weight excluding hydrogens is 1150 g/mol. The highest BCUT2D eigenvalue weighted by Gasteiger charge is 1.95. The van der Waals surface area contributed by atoms with Crippen molar-refractivity contribution in [3.63, 3.8) is 0 Å². The summed E-state index contributed by atoms with van der Waals surface area (Å²) in [6.45, 7) is 198. The molecule has 0 bridgehead atoms. The normalized spacial score (nSPS) is 3.43. The molecule has 0 aliphatic heterocycles. The van der Waals surface area contributed by atoms with E-state index >= 15 is 0 Å². The van der Waals surface area contributed by atoms with Gasteiger partial charge in [0, 0.05) is 0 Å². The van der Waals surface area contributed by atoms with Crippen molar-refractivity contribution in [2.24, 2.45) is 5.41 Å². The molecule has 0 aromatic carbocycles. The third-order valence-electron chi connectivity index (χ3n) is 0. The maximum atomic E-state index is 3.36. The second-order valence-electron chi connectivity index (χ2n) is 3.41. The van der Waals surface area contributed by atoms with Gasteiger partial charge in [0.1, 0.15) is 0 Å². The standard InChI is InChI=1S/C5H12.C3H6.40C2H6.4C2H4/c1-5(2,3)4;1-3-2;44*1-2/h1-4H3;3H,1H2,2H3;40*1-2H3;4*1-2H2. The zero-order valence-electron chi connectivity index (χ0n) is 92.4. The predicted molar refractivity (Wildman–Crippen MR) is 540 cm³/mol. The lowest BCUT2D eigenvalue weighted by atomic mass is 10.0. The summed E-state index contributed by atoms with van der Waals surface area (Å²) in [6.07, 6.45) is 1.75. The molecule has 0 nitrogen and oxygen atoms in total. The number of rotatable bonds is 0. The molecule has 658 valence electrons. The SMILES string of the molecule is C=C.C=C.C=C.C=C.C=CC.CC.CC.CC.CC.CC.CC.CC.CC.CC.CC.CC.CC.CC.CC.CC.CC.CC.CC.CC.CC.CC.CC.CC.CC.CC.CC.CC.CC.CC.CC.CC.CC.CC.CC.CC.CC.CC.CC.CC.CC.CC(C)(C)C. The fourth-order valence-corrected chi connectivity index (χ4v) is 0. The fourth-order valence-electron chi connectivity index (χ4n) is 0. The van der Waals surface area contributed by atoms with Gasteiger partial charge >= 0.3 is 0 Å². The summed E-state index contributed by atoms with van der Waals surface area (Å²) in [5.74, 6) is 0. The van der Waals surface area contributed by atoms with Crippen LogP contribution in [0, 0.1) is 5.41 Å². The Balaban J connectivity index is -0.00000000606. The van der Waals surface area contributed by atoms with Crippen molar-refractivity contribution in [1.82, 2.24) is 0 Å². The molecule has 0 fully saturated rings. The van der Waals surface area contributed by atoms with Crippen molar-refractivity contribution < 1.29 is 0 Å². The average molecular weight is 1430 g/mol. The maximum absolute atomic E-state index is 3.36. The van der Waals surface area contributed by atoms with Gasteiger partial charge in [-0.05, 0) is 12.3 Å². The van der Waals surface area contributed by atoms with Gasteiger partial charge in [-0.1, -0.05) is 588 Å². The number of allylic oxidation sites excluding steroid dienone is 1. The highest BCUT2D eigenvalue weighted by Crippen LogP contribution is 2.08. The van der Waals surface area contributed by atoms with E-state index in [0.717, 1.165) is 0 Å². The highest BCUT2D eigenvalue weighted by atomic mass is 14.0. The van der Waals surface area contributed by atoms with E-state index in [1.165, 1.54) is 0 Å². The third kappa shape index (κ3) is 461000. The van der Waals surface area contributed by atoms with Gasteiger partial charge in [0.05, 0.1) is 0 Å². The smallest absolute Gasteiger partial charge is 0.0411 e. The van der Waals surface area contributed by atoms with Crippen LogP contribution >= 0.6 is 0 Å². The predicted octanol–water partition coefficient (Wildman–Crippen LogP) is 47.5. The topological polar surface area (TPSA) is 0 Å². The molecule has 0 radical (unpaired) electrons. The summed E-state index contributed by atoms with van der Waals surface area (Å²) in [5.41, 5.74) is 0.500. The Labute approximate surface area is 655 Å². The van der Waals surface area contributed by atoms with Crippen molar-refractivity contribution in [2.45, 2.75) is 589 Å². The molecule has 0 aliphatic rings. The third-order valence-corrected chi connectivity index (χ3v) is 0. The first-order valence-electron chi connectivity index (χ1n) is 45.0. The van der Waals surface area contributed by atoms with E-state index in [4.69, 9.17) is 0 Å². The quantitative estimate of drug-likeness (QED) is 0.212. The number of hydrogen-bond acceptors (Lipinski definition) is 0. The van der Waals surface area contributed by atoms with Gasteiger partial charge in [-0.2, -0.15) is 0 Å². The lowest BCUT2D eigenvalue weighted by Crippen LogP contribution is -1.93. The minimum absolute atomic E-state index is 0.500.